The molecule has 1 heterocycles. The molecule has 0 aliphatic heterocycles. The van der Waals surface area contributed by atoms with E-state index >= 15 is 0 Å². The Bertz CT molecular complexity index is 739. The summed E-state index contributed by atoms with van der Waals surface area (Å²) in [5.74, 6) is 0.265. The molecule has 1 aromatic carbocycles. The van der Waals surface area contributed by atoms with Gasteiger partial charge in [0, 0.05) is 6.20 Å². The van der Waals surface area contributed by atoms with Crippen LogP contribution < -0.4 is 10.8 Å². The van der Waals surface area contributed by atoms with Crippen molar-refractivity contribution in [1.29, 1.82) is 0 Å². The predicted molar refractivity (Wildman–Crippen MR) is 88.6 cm³/mol. The molecule has 2 aromatic rings. The SMILES string of the molecule is CCc1cc(C(=O)NO)cnc1NC1(c2ccccc2C)CC1. The summed E-state index contributed by atoms with van der Waals surface area (Å²) in [6.07, 6.45) is 4.38. The number of hydroxylamine groups is 1. The highest BCUT2D eigenvalue weighted by Crippen LogP contribution is 2.49. The number of carbonyl (C=O) groups excluding carboxylic acids is 1. The molecule has 0 spiro atoms. The van der Waals surface area contributed by atoms with E-state index in [9.17, 15) is 4.79 Å². The van der Waals surface area contributed by atoms with Gasteiger partial charge in [0.25, 0.3) is 5.91 Å². The Morgan fingerprint density at radius 2 is 2.09 bits per heavy atom. The van der Waals surface area contributed by atoms with Gasteiger partial charge in [-0.2, -0.15) is 0 Å². The van der Waals surface area contributed by atoms with Crippen molar-refractivity contribution < 1.29 is 10.0 Å². The summed E-state index contributed by atoms with van der Waals surface area (Å²) < 4.78 is 0. The summed E-state index contributed by atoms with van der Waals surface area (Å²) in [5.41, 5.74) is 5.49. The number of aromatic nitrogens is 1. The first kappa shape index (κ1) is 15.5. The van der Waals surface area contributed by atoms with Crippen LogP contribution in [-0.2, 0) is 12.0 Å². The monoisotopic (exact) mass is 311 g/mol. The number of amides is 1. The molecule has 0 atom stereocenters. The average molecular weight is 311 g/mol. The van der Waals surface area contributed by atoms with Crippen LogP contribution in [0.4, 0.5) is 5.82 Å². The highest BCUT2D eigenvalue weighted by atomic mass is 16.5. The Kier molecular flexibility index (Phi) is 4.05. The van der Waals surface area contributed by atoms with Crippen LogP contribution in [0.15, 0.2) is 36.5 Å². The highest BCUT2D eigenvalue weighted by Gasteiger charge is 2.45. The summed E-state index contributed by atoms with van der Waals surface area (Å²) in [4.78, 5) is 16.0. The van der Waals surface area contributed by atoms with E-state index in [2.05, 4.69) is 35.4 Å². The predicted octanol–water partition coefficient (Wildman–Crippen LogP) is 3.17. The minimum atomic E-state index is -0.543. The lowest BCUT2D eigenvalue weighted by Crippen LogP contribution is -2.23. The number of nitrogens with one attached hydrogen (secondary N) is 2. The molecule has 1 aliphatic rings. The molecule has 3 N–H and O–H groups in total. The van der Waals surface area contributed by atoms with Crippen molar-refractivity contribution in [1.82, 2.24) is 10.5 Å². The molecule has 0 saturated heterocycles. The van der Waals surface area contributed by atoms with Crippen LogP contribution in [0.25, 0.3) is 0 Å². The van der Waals surface area contributed by atoms with Gasteiger partial charge in [0.05, 0.1) is 11.1 Å². The van der Waals surface area contributed by atoms with E-state index < -0.39 is 5.91 Å². The topological polar surface area (TPSA) is 74.2 Å². The Morgan fingerprint density at radius 1 is 1.35 bits per heavy atom. The number of nitrogens with zero attached hydrogens (tertiary/aromatic N) is 1. The zero-order valence-electron chi connectivity index (χ0n) is 13.4. The summed E-state index contributed by atoms with van der Waals surface area (Å²) in [7, 11) is 0. The lowest BCUT2D eigenvalue weighted by molar-refractivity contribution is 0.0706. The van der Waals surface area contributed by atoms with Crippen LogP contribution in [0.2, 0.25) is 0 Å². The zero-order chi connectivity index (χ0) is 16.4. The second-order valence-electron chi connectivity index (χ2n) is 6.05. The minimum absolute atomic E-state index is 0.0526. The first-order valence-electron chi connectivity index (χ1n) is 7.87. The van der Waals surface area contributed by atoms with Gasteiger partial charge in [0.1, 0.15) is 5.82 Å². The van der Waals surface area contributed by atoms with Gasteiger partial charge < -0.3 is 5.32 Å². The van der Waals surface area contributed by atoms with Crippen molar-refractivity contribution >= 4 is 11.7 Å². The Labute approximate surface area is 135 Å². The Hall–Kier alpha value is -2.40. The van der Waals surface area contributed by atoms with E-state index in [0.29, 0.717) is 5.56 Å². The zero-order valence-corrected chi connectivity index (χ0v) is 13.4. The molecule has 1 aromatic heterocycles. The standard InChI is InChI=1S/C18H21N3O2/c1-3-13-10-14(17(22)21-23)11-19-16(13)20-18(8-9-18)15-7-5-4-6-12(15)2/h4-7,10-11,23H,3,8-9H2,1-2H3,(H,19,20)(H,21,22). The summed E-state index contributed by atoms with van der Waals surface area (Å²) in [6, 6.07) is 10.2. The van der Waals surface area contributed by atoms with Crippen LogP contribution in [0.5, 0.6) is 0 Å². The summed E-state index contributed by atoms with van der Waals surface area (Å²) in [6.45, 7) is 4.15. The van der Waals surface area contributed by atoms with Gasteiger partial charge in [-0.1, -0.05) is 31.2 Å². The Balaban J connectivity index is 1.91. The molecular weight excluding hydrogens is 290 g/mol. The molecule has 3 rings (SSSR count). The number of hydrogen-bond acceptors (Lipinski definition) is 4. The van der Waals surface area contributed by atoms with Gasteiger partial charge in [-0.3, -0.25) is 10.0 Å². The van der Waals surface area contributed by atoms with E-state index in [1.165, 1.54) is 17.3 Å². The maximum atomic E-state index is 11.5. The molecular formula is C18H21N3O2. The highest BCUT2D eigenvalue weighted by molar-refractivity contribution is 5.93. The first-order chi connectivity index (χ1) is 11.1. The van der Waals surface area contributed by atoms with Gasteiger partial charge >= 0.3 is 0 Å². The van der Waals surface area contributed by atoms with Crippen molar-refractivity contribution in [2.75, 3.05) is 5.32 Å². The molecule has 5 nitrogen and oxygen atoms in total. The van der Waals surface area contributed by atoms with Gasteiger partial charge in [-0.05, 0) is 48.9 Å². The van der Waals surface area contributed by atoms with Gasteiger partial charge in [0.2, 0.25) is 0 Å². The van der Waals surface area contributed by atoms with Crippen LogP contribution in [0.3, 0.4) is 0 Å². The molecule has 1 saturated carbocycles. The normalized spacial score (nSPS) is 15.1. The van der Waals surface area contributed by atoms with Crippen molar-refractivity contribution in [2.45, 2.75) is 38.6 Å². The summed E-state index contributed by atoms with van der Waals surface area (Å²) in [5, 5.41) is 12.3. The number of benzene rings is 1. The molecule has 0 bridgehead atoms. The Morgan fingerprint density at radius 3 is 2.70 bits per heavy atom. The molecule has 23 heavy (non-hydrogen) atoms. The molecule has 1 amide bonds. The van der Waals surface area contributed by atoms with E-state index in [4.69, 9.17) is 5.21 Å². The smallest absolute Gasteiger partial charge is 0.276 e. The third-order valence-corrected chi connectivity index (χ3v) is 4.48. The summed E-state index contributed by atoms with van der Waals surface area (Å²) >= 11 is 0. The largest absolute Gasteiger partial charge is 0.360 e. The molecule has 1 fully saturated rings. The van der Waals surface area contributed by atoms with Crippen LogP contribution in [0.1, 0.15) is 46.8 Å². The van der Waals surface area contributed by atoms with Crippen molar-refractivity contribution in [2.24, 2.45) is 0 Å². The van der Waals surface area contributed by atoms with Crippen molar-refractivity contribution in [3.05, 3.63) is 58.8 Å². The number of hydrogen-bond donors (Lipinski definition) is 3. The van der Waals surface area contributed by atoms with Crippen molar-refractivity contribution in [3.63, 3.8) is 0 Å². The van der Waals surface area contributed by atoms with Crippen molar-refractivity contribution in [3.8, 4) is 0 Å². The van der Waals surface area contributed by atoms with E-state index in [-0.39, 0.29) is 5.54 Å². The van der Waals surface area contributed by atoms with E-state index in [1.54, 1.807) is 11.5 Å². The lowest BCUT2D eigenvalue weighted by Gasteiger charge is -2.22. The second kappa shape index (κ2) is 6.01. The average Bonchev–Trinajstić information content (AvgIpc) is 3.35. The fraction of sp³-hybridized carbons (Fsp3) is 0.333. The molecule has 120 valence electrons. The first-order valence-corrected chi connectivity index (χ1v) is 7.87. The lowest BCUT2D eigenvalue weighted by atomic mass is 9.99. The van der Waals surface area contributed by atoms with Gasteiger partial charge in [-0.15, -0.1) is 0 Å². The molecule has 0 radical (unpaired) electrons. The maximum absolute atomic E-state index is 11.5. The fourth-order valence-electron chi connectivity index (χ4n) is 3.00. The van der Waals surface area contributed by atoms with Crippen LogP contribution in [0, 0.1) is 6.92 Å². The molecule has 1 aliphatic carbocycles. The number of pyridine rings is 1. The molecule has 5 heteroatoms. The number of aryl methyl sites for hydroxylation is 2. The maximum Gasteiger partial charge on any atom is 0.276 e. The molecule has 0 unspecified atom stereocenters. The minimum Gasteiger partial charge on any atom is -0.360 e. The van der Waals surface area contributed by atoms with Crippen LogP contribution in [-0.4, -0.2) is 16.1 Å². The number of rotatable bonds is 5. The fourth-order valence-corrected chi connectivity index (χ4v) is 3.00. The second-order valence-corrected chi connectivity index (χ2v) is 6.05. The number of anilines is 1. The van der Waals surface area contributed by atoms with Crippen LogP contribution >= 0.6 is 0 Å². The van der Waals surface area contributed by atoms with Gasteiger partial charge in [0.15, 0.2) is 0 Å². The van der Waals surface area contributed by atoms with E-state index in [1.807, 2.05) is 13.0 Å². The quantitative estimate of drug-likeness (QED) is 0.586. The van der Waals surface area contributed by atoms with E-state index in [0.717, 1.165) is 30.6 Å². The van der Waals surface area contributed by atoms with Gasteiger partial charge in [-0.25, -0.2) is 10.5 Å². The third kappa shape index (κ3) is 2.92. The number of carbonyl (C=O) groups is 1. The third-order valence-electron chi connectivity index (χ3n) is 4.48.